The Morgan fingerprint density at radius 1 is 1.62 bits per heavy atom. The van der Waals surface area contributed by atoms with Gasteiger partial charge in [0, 0.05) is 43.2 Å². The van der Waals surface area contributed by atoms with Gasteiger partial charge >= 0.3 is 0 Å². The van der Waals surface area contributed by atoms with Gasteiger partial charge in [-0.1, -0.05) is 0 Å². The van der Waals surface area contributed by atoms with E-state index in [2.05, 4.69) is 15.6 Å². The first-order chi connectivity index (χ1) is 7.77. The van der Waals surface area contributed by atoms with Crippen molar-refractivity contribution >= 4 is 17.2 Å². The van der Waals surface area contributed by atoms with Crippen LogP contribution < -0.4 is 10.6 Å². The molecule has 0 atom stereocenters. The fourth-order valence-electron chi connectivity index (χ4n) is 1.47. The van der Waals surface area contributed by atoms with Crippen LogP contribution in [0.3, 0.4) is 0 Å². The van der Waals surface area contributed by atoms with Gasteiger partial charge in [0.15, 0.2) is 0 Å². The summed E-state index contributed by atoms with van der Waals surface area (Å²) < 4.78 is 0. The second-order valence-corrected chi connectivity index (χ2v) is 4.74. The molecule has 0 unspecified atom stereocenters. The van der Waals surface area contributed by atoms with Gasteiger partial charge in [0.05, 0.1) is 5.01 Å². The lowest BCUT2D eigenvalue weighted by atomic mass is 10.0. The zero-order valence-corrected chi connectivity index (χ0v) is 10.1. The molecular weight excluding hydrogens is 222 g/mol. The number of aromatic nitrogens is 1. The zero-order valence-electron chi connectivity index (χ0n) is 9.25. The van der Waals surface area contributed by atoms with Crippen molar-refractivity contribution in [3.8, 4) is 0 Å². The van der Waals surface area contributed by atoms with E-state index in [0.29, 0.717) is 6.54 Å². The molecule has 1 aromatic heterocycles. The minimum absolute atomic E-state index is 0.0491. The summed E-state index contributed by atoms with van der Waals surface area (Å²) in [5.74, 6) is 0.0491. The van der Waals surface area contributed by atoms with Crippen molar-refractivity contribution < 1.29 is 4.79 Å². The molecule has 1 fully saturated rings. The second kappa shape index (κ2) is 5.23. The van der Waals surface area contributed by atoms with Crippen LogP contribution >= 0.6 is 11.3 Å². The summed E-state index contributed by atoms with van der Waals surface area (Å²) in [6, 6.07) is 0. The topological polar surface area (TPSA) is 54.0 Å². The van der Waals surface area contributed by atoms with E-state index in [4.69, 9.17) is 0 Å². The fourth-order valence-corrected chi connectivity index (χ4v) is 2.09. The van der Waals surface area contributed by atoms with Gasteiger partial charge < -0.3 is 10.6 Å². The van der Waals surface area contributed by atoms with Gasteiger partial charge in [-0.15, -0.1) is 11.3 Å². The van der Waals surface area contributed by atoms with Crippen LogP contribution in [0.15, 0.2) is 22.7 Å². The van der Waals surface area contributed by atoms with E-state index in [1.165, 1.54) is 5.57 Å². The Labute approximate surface area is 98.8 Å². The molecule has 1 aromatic rings. The van der Waals surface area contributed by atoms with Gasteiger partial charge in [-0.2, -0.15) is 0 Å². The number of nitrogens with one attached hydrogen (secondary N) is 2. The maximum Gasteiger partial charge on any atom is 0.246 e. The Morgan fingerprint density at radius 3 is 3.00 bits per heavy atom. The summed E-state index contributed by atoms with van der Waals surface area (Å²) in [4.78, 5) is 15.9. The molecule has 2 heterocycles. The van der Waals surface area contributed by atoms with E-state index in [9.17, 15) is 4.79 Å². The van der Waals surface area contributed by atoms with Crippen molar-refractivity contribution in [1.82, 2.24) is 15.6 Å². The smallest absolute Gasteiger partial charge is 0.246 e. The number of rotatable bonds is 4. The van der Waals surface area contributed by atoms with Gasteiger partial charge in [0.25, 0.3) is 0 Å². The molecule has 86 valence electrons. The van der Waals surface area contributed by atoms with Crippen molar-refractivity contribution in [1.29, 1.82) is 0 Å². The quantitative estimate of drug-likeness (QED) is 0.759. The molecule has 5 heteroatoms. The van der Waals surface area contributed by atoms with E-state index < -0.39 is 0 Å². The lowest BCUT2D eigenvalue weighted by molar-refractivity contribution is -0.117. The number of carbonyl (C=O) groups is 1. The molecule has 2 rings (SSSR count). The van der Waals surface area contributed by atoms with E-state index in [1.807, 2.05) is 12.3 Å². The molecule has 0 spiro atoms. The highest BCUT2D eigenvalue weighted by Crippen LogP contribution is 2.08. The maximum atomic E-state index is 11.7. The van der Waals surface area contributed by atoms with Crippen LogP contribution in [0.25, 0.3) is 0 Å². The van der Waals surface area contributed by atoms with Crippen molar-refractivity contribution in [2.24, 2.45) is 0 Å². The lowest BCUT2D eigenvalue weighted by Crippen LogP contribution is -2.38. The molecule has 2 N–H and O–H groups in total. The lowest BCUT2D eigenvalue weighted by Gasteiger charge is -2.21. The van der Waals surface area contributed by atoms with Crippen LogP contribution in [0.1, 0.15) is 11.9 Å². The molecule has 1 aliphatic heterocycles. The first-order valence-corrected chi connectivity index (χ1v) is 6.21. The van der Waals surface area contributed by atoms with Crippen LogP contribution in [0.5, 0.6) is 0 Å². The Balaban J connectivity index is 1.76. The molecule has 16 heavy (non-hydrogen) atoms. The monoisotopic (exact) mass is 237 g/mol. The number of amides is 1. The number of carbonyl (C=O) groups excluding carboxylic acids is 1. The third-order valence-electron chi connectivity index (χ3n) is 2.66. The third-order valence-corrected chi connectivity index (χ3v) is 3.49. The van der Waals surface area contributed by atoms with Gasteiger partial charge in [0.1, 0.15) is 0 Å². The molecule has 0 radical (unpaired) electrons. The molecular formula is C11H15N3OS. The molecule has 1 aliphatic rings. The number of hydrogen-bond acceptors (Lipinski definition) is 4. The van der Waals surface area contributed by atoms with Crippen molar-refractivity contribution in [2.75, 3.05) is 19.6 Å². The average Bonchev–Trinajstić information content (AvgIpc) is 2.67. The summed E-state index contributed by atoms with van der Waals surface area (Å²) in [5.41, 5.74) is 2.07. The molecule has 0 bridgehead atoms. The van der Waals surface area contributed by atoms with Gasteiger partial charge in [-0.05, 0) is 12.5 Å². The summed E-state index contributed by atoms with van der Waals surface area (Å²) in [6.45, 7) is 4.25. The van der Waals surface area contributed by atoms with Crippen LogP contribution in [-0.2, 0) is 11.2 Å². The Morgan fingerprint density at radius 2 is 2.44 bits per heavy atom. The summed E-state index contributed by atoms with van der Waals surface area (Å²) in [6.07, 6.45) is 2.60. The molecule has 1 saturated heterocycles. The fraction of sp³-hybridized carbons (Fsp3) is 0.455. The van der Waals surface area contributed by atoms with E-state index >= 15 is 0 Å². The minimum atomic E-state index is 0.0491. The van der Waals surface area contributed by atoms with Crippen molar-refractivity contribution in [3.05, 3.63) is 27.7 Å². The van der Waals surface area contributed by atoms with E-state index in [-0.39, 0.29) is 5.91 Å². The van der Waals surface area contributed by atoms with Gasteiger partial charge in [-0.25, -0.2) is 4.98 Å². The Kier molecular flexibility index (Phi) is 3.69. The van der Waals surface area contributed by atoms with Gasteiger partial charge in [-0.3, -0.25) is 4.79 Å². The average molecular weight is 237 g/mol. The standard InChI is InChI=1S/C11H15N3OS/c1-8(9-6-12-7-9)11(15)14-3-2-10-13-4-5-16-10/h4-5,12H,2-3,6-7H2,1H3,(H,14,15). The SMILES string of the molecule is CC(C(=O)NCCc1nccs1)=C1CNC1. The first-order valence-electron chi connectivity index (χ1n) is 5.33. The predicted octanol–water partition coefficient (Wildman–Crippen LogP) is 0.721. The molecule has 0 aromatic carbocycles. The normalized spacial score (nSPS) is 14.4. The molecule has 0 saturated carbocycles. The van der Waals surface area contributed by atoms with Crippen molar-refractivity contribution in [2.45, 2.75) is 13.3 Å². The summed E-state index contributed by atoms with van der Waals surface area (Å²) in [5, 5.41) is 9.06. The number of hydrogen-bond donors (Lipinski definition) is 2. The first kappa shape index (κ1) is 11.3. The Hall–Kier alpha value is -1.20. The molecule has 4 nitrogen and oxygen atoms in total. The predicted molar refractivity (Wildman–Crippen MR) is 64.4 cm³/mol. The van der Waals surface area contributed by atoms with Crippen LogP contribution in [0.2, 0.25) is 0 Å². The minimum Gasteiger partial charge on any atom is -0.352 e. The third kappa shape index (κ3) is 2.68. The summed E-state index contributed by atoms with van der Waals surface area (Å²) >= 11 is 1.62. The van der Waals surface area contributed by atoms with Crippen LogP contribution in [0, 0.1) is 0 Å². The summed E-state index contributed by atoms with van der Waals surface area (Å²) in [7, 11) is 0. The highest BCUT2D eigenvalue weighted by molar-refractivity contribution is 7.09. The molecule has 0 aliphatic carbocycles. The highest BCUT2D eigenvalue weighted by atomic mass is 32.1. The van der Waals surface area contributed by atoms with Crippen LogP contribution in [0.4, 0.5) is 0 Å². The van der Waals surface area contributed by atoms with Crippen molar-refractivity contribution in [3.63, 3.8) is 0 Å². The second-order valence-electron chi connectivity index (χ2n) is 3.76. The van der Waals surface area contributed by atoms with E-state index in [0.717, 1.165) is 30.1 Å². The zero-order chi connectivity index (χ0) is 11.4. The molecule has 1 amide bonds. The van der Waals surface area contributed by atoms with Crippen LogP contribution in [-0.4, -0.2) is 30.5 Å². The van der Waals surface area contributed by atoms with E-state index in [1.54, 1.807) is 17.5 Å². The van der Waals surface area contributed by atoms with Gasteiger partial charge in [0.2, 0.25) is 5.91 Å². The number of thiazole rings is 1. The number of nitrogens with zero attached hydrogens (tertiary/aromatic N) is 1. The maximum absolute atomic E-state index is 11.7. The highest BCUT2D eigenvalue weighted by Gasteiger charge is 2.15. The Bertz CT molecular complexity index is 391. The largest absolute Gasteiger partial charge is 0.352 e.